The second kappa shape index (κ2) is 7.38. The van der Waals surface area contributed by atoms with E-state index in [1.807, 2.05) is 24.3 Å². The number of ether oxygens (including phenoxy) is 1. The van der Waals surface area contributed by atoms with Crippen LogP contribution in [0.15, 0.2) is 43.0 Å². The van der Waals surface area contributed by atoms with Gasteiger partial charge in [-0.25, -0.2) is 0 Å². The molecule has 0 fully saturated rings. The lowest BCUT2D eigenvalue weighted by atomic mass is 10.1. The summed E-state index contributed by atoms with van der Waals surface area (Å²) in [4.78, 5) is 0. The molecule has 16 heavy (non-hydrogen) atoms. The van der Waals surface area contributed by atoms with Gasteiger partial charge in [-0.15, -0.1) is 6.58 Å². The van der Waals surface area contributed by atoms with Crippen molar-refractivity contribution in [3.05, 3.63) is 48.6 Å². The molecule has 0 heterocycles. The molecule has 1 aromatic rings. The first-order valence-corrected chi connectivity index (χ1v) is 6.47. The van der Waals surface area contributed by atoms with Crippen molar-refractivity contribution in [1.29, 1.82) is 0 Å². The molecule has 0 N–H and O–H groups in total. The van der Waals surface area contributed by atoms with Gasteiger partial charge in [-0.05, 0) is 18.4 Å². The molecule has 2 atom stereocenters. The molecule has 0 aliphatic heterocycles. The summed E-state index contributed by atoms with van der Waals surface area (Å²) in [6.07, 6.45) is 3.54. The fraction of sp³-hybridized carbons (Fsp3) is 0.385. The van der Waals surface area contributed by atoms with Crippen LogP contribution in [0.3, 0.4) is 0 Å². The zero-order chi connectivity index (χ0) is 11.8. The van der Waals surface area contributed by atoms with E-state index in [9.17, 15) is 0 Å². The minimum Gasteiger partial charge on any atom is -0.404 e. The van der Waals surface area contributed by atoms with E-state index in [4.69, 9.17) is 9.16 Å². The van der Waals surface area contributed by atoms with Crippen LogP contribution < -0.4 is 0 Å². The molecule has 2 unspecified atom stereocenters. The molecule has 1 rings (SSSR count). The standard InChI is InChI=1S/C13H20O2Si/c1-3-8-12(14-13(4-2)15-16)11-9-6-5-7-10-11/h3,5-7,9-10,12-13H,1,4,8H2,2,16H3. The van der Waals surface area contributed by atoms with Gasteiger partial charge in [0.25, 0.3) is 0 Å². The number of hydrogen-bond donors (Lipinski definition) is 0. The second-order valence-corrected chi connectivity index (χ2v) is 4.10. The van der Waals surface area contributed by atoms with E-state index in [0.29, 0.717) is 10.5 Å². The molecule has 0 radical (unpaired) electrons. The summed E-state index contributed by atoms with van der Waals surface area (Å²) >= 11 is 0. The predicted molar refractivity (Wildman–Crippen MR) is 70.2 cm³/mol. The number of hydrogen-bond acceptors (Lipinski definition) is 2. The highest BCUT2D eigenvalue weighted by Gasteiger charge is 2.14. The Balaban J connectivity index is 2.71. The topological polar surface area (TPSA) is 18.5 Å². The van der Waals surface area contributed by atoms with Gasteiger partial charge in [0, 0.05) is 0 Å². The van der Waals surface area contributed by atoms with Crippen molar-refractivity contribution in [3.8, 4) is 0 Å². The average molecular weight is 236 g/mol. The van der Waals surface area contributed by atoms with Gasteiger partial charge >= 0.3 is 0 Å². The smallest absolute Gasteiger partial charge is 0.149 e. The van der Waals surface area contributed by atoms with Crippen LogP contribution >= 0.6 is 0 Å². The monoisotopic (exact) mass is 236 g/mol. The SMILES string of the molecule is C=CCC(OC(CC)O[SiH3])c1ccccc1. The highest BCUT2D eigenvalue weighted by molar-refractivity contribution is 5.98. The van der Waals surface area contributed by atoms with Crippen molar-refractivity contribution in [3.63, 3.8) is 0 Å². The lowest BCUT2D eigenvalue weighted by Gasteiger charge is -2.23. The van der Waals surface area contributed by atoms with Crippen LogP contribution in [0.2, 0.25) is 0 Å². The van der Waals surface area contributed by atoms with Crippen molar-refractivity contribution in [2.75, 3.05) is 0 Å². The van der Waals surface area contributed by atoms with Gasteiger partial charge in [-0.2, -0.15) is 0 Å². The van der Waals surface area contributed by atoms with Gasteiger partial charge in [0.15, 0.2) is 0 Å². The summed E-state index contributed by atoms with van der Waals surface area (Å²) in [5, 5.41) is 0. The Bertz CT molecular complexity index is 296. The fourth-order valence-electron chi connectivity index (χ4n) is 1.59. The maximum atomic E-state index is 5.92. The van der Waals surface area contributed by atoms with Crippen molar-refractivity contribution in [2.45, 2.75) is 32.2 Å². The molecule has 88 valence electrons. The average Bonchev–Trinajstić information content (AvgIpc) is 2.35. The van der Waals surface area contributed by atoms with Crippen LogP contribution in [-0.2, 0) is 9.16 Å². The fourth-order valence-corrected chi connectivity index (χ4v) is 2.04. The summed E-state index contributed by atoms with van der Waals surface area (Å²) in [5.74, 6) is 0. The van der Waals surface area contributed by atoms with E-state index in [2.05, 4.69) is 25.6 Å². The molecule has 0 saturated carbocycles. The molecule has 3 heteroatoms. The zero-order valence-corrected chi connectivity index (χ0v) is 12.1. The third kappa shape index (κ3) is 3.93. The first kappa shape index (κ1) is 13.2. The van der Waals surface area contributed by atoms with Gasteiger partial charge in [-0.3, -0.25) is 0 Å². The Labute approximate surface area is 101 Å². The largest absolute Gasteiger partial charge is 0.404 e. The third-order valence-electron chi connectivity index (χ3n) is 2.46. The summed E-state index contributed by atoms with van der Waals surface area (Å²) in [6, 6.07) is 10.2. The highest BCUT2D eigenvalue weighted by Crippen LogP contribution is 2.23. The highest BCUT2D eigenvalue weighted by atomic mass is 28.2. The van der Waals surface area contributed by atoms with Gasteiger partial charge in [0.1, 0.15) is 16.8 Å². The van der Waals surface area contributed by atoms with Crippen LogP contribution in [0.25, 0.3) is 0 Å². The normalized spacial score (nSPS) is 14.6. The summed E-state index contributed by atoms with van der Waals surface area (Å²) in [7, 11) is 0.703. The summed E-state index contributed by atoms with van der Waals surface area (Å²) < 4.78 is 11.3. The molecule has 1 aromatic carbocycles. The van der Waals surface area contributed by atoms with Crippen molar-refractivity contribution < 1.29 is 9.16 Å². The number of benzene rings is 1. The van der Waals surface area contributed by atoms with E-state index in [0.717, 1.165) is 12.8 Å². The zero-order valence-electron chi connectivity index (χ0n) is 10.1. The van der Waals surface area contributed by atoms with Gasteiger partial charge < -0.3 is 9.16 Å². The quantitative estimate of drug-likeness (QED) is 0.411. The first-order chi connectivity index (χ1) is 7.81. The molecular formula is C13H20O2Si. The number of rotatable bonds is 7. The van der Waals surface area contributed by atoms with Crippen LogP contribution in [0.4, 0.5) is 0 Å². The van der Waals surface area contributed by atoms with Gasteiger partial charge in [0.05, 0.1) is 6.10 Å². The van der Waals surface area contributed by atoms with E-state index in [1.165, 1.54) is 5.56 Å². The molecule has 0 saturated heterocycles. The van der Waals surface area contributed by atoms with Crippen molar-refractivity contribution in [2.24, 2.45) is 0 Å². The molecule has 0 aromatic heterocycles. The Morgan fingerprint density at radius 1 is 1.38 bits per heavy atom. The molecule has 0 aliphatic rings. The lowest BCUT2D eigenvalue weighted by molar-refractivity contribution is -0.119. The molecular weight excluding hydrogens is 216 g/mol. The third-order valence-corrected chi connectivity index (χ3v) is 2.99. The maximum absolute atomic E-state index is 5.92. The van der Waals surface area contributed by atoms with Crippen LogP contribution in [0, 0.1) is 0 Å². The lowest BCUT2D eigenvalue weighted by Crippen LogP contribution is -2.18. The van der Waals surface area contributed by atoms with Crippen molar-refractivity contribution in [1.82, 2.24) is 0 Å². The van der Waals surface area contributed by atoms with Crippen LogP contribution in [-0.4, -0.2) is 16.8 Å². The molecule has 0 amide bonds. The predicted octanol–water partition coefficient (Wildman–Crippen LogP) is 2.35. The minimum absolute atomic E-state index is 0.0533. The van der Waals surface area contributed by atoms with E-state index in [-0.39, 0.29) is 12.4 Å². The van der Waals surface area contributed by atoms with E-state index >= 15 is 0 Å². The van der Waals surface area contributed by atoms with Gasteiger partial charge in [-0.1, -0.05) is 43.3 Å². The minimum atomic E-state index is -0.0863. The van der Waals surface area contributed by atoms with Crippen LogP contribution in [0.1, 0.15) is 31.4 Å². The second-order valence-electron chi connectivity index (χ2n) is 3.63. The van der Waals surface area contributed by atoms with Crippen molar-refractivity contribution >= 4 is 10.5 Å². The molecule has 0 bridgehead atoms. The first-order valence-electron chi connectivity index (χ1n) is 5.65. The Hall–Kier alpha value is -0.903. The molecule has 2 nitrogen and oxygen atoms in total. The summed E-state index contributed by atoms with van der Waals surface area (Å²) in [5.41, 5.74) is 1.18. The Morgan fingerprint density at radius 3 is 2.56 bits per heavy atom. The molecule has 0 aliphatic carbocycles. The van der Waals surface area contributed by atoms with E-state index < -0.39 is 0 Å². The van der Waals surface area contributed by atoms with Gasteiger partial charge in [0.2, 0.25) is 0 Å². The molecule has 0 spiro atoms. The van der Waals surface area contributed by atoms with Crippen LogP contribution in [0.5, 0.6) is 0 Å². The Kier molecular flexibility index (Phi) is 6.07. The Morgan fingerprint density at radius 2 is 2.06 bits per heavy atom. The maximum Gasteiger partial charge on any atom is 0.149 e. The summed E-state index contributed by atoms with van der Waals surface area (Å²) in [6.45, 7) is 5.84. The van der Waals surface area contributed by atoms with E-state index in [1.54, 1.807) is 0 Å².